The molecule has 2 fully saturated rings. The standard InChI is InChI=1S/C40H40N6O5/c1-25-36(23-45-20-18-30(19-21-45)46-35-9-5-4-8-33(35)44-40(46)49)50-39(51-37(25)27-12-10-26(24-47)11-13-27)28-14-16-29(17-15-28)42-38(48)34-22-41-31-6-2-3-7-32(31)43-34/h2-17,22,25,30,36-37,39,47H,18-21,23-24H2,1H3,(H,42,48)(H,44,49). The Kier molecular flexibility index (Phi) is 9.18. The number of ether oxygens (including phenoxy) is 2. The lowest BCUT2D eigenvalue weighted by Crippen LogP contribution is -2.47. The fourth-order valence-corrected chi connectivity index (χ4v) is 7.36. The van der Waals surface area contributed by atoms with Crippen molar-refractivity contribution < 1.29 is 19.4 Å². The van der Waals surface area contributed by atoms with Gasteiger partial charge in [-0.25, -0.2) is 9.78 Å². The van der Waals surface area contributed by atoms with E-state index in [2.05, 4.69) is 32.1 Å². The monoisotopic (exact) mass is 684 g/mol. The van der Waals surface area contributed by atoms with E-state index in [0.29, 0.717) is 11.2 Å². The number of carbonyl (C=O) groups is 1. The van der Waals surface area contributed by atoms with Gasteiger partial charge in [0.05, 0.1) is 47.1 Å². The lowest BCUT2D eigenvalue weighted by atomic mass is 9.89. The van der Waals surface area contributed by atoms with Crippen molar-refractivity contribution in [2.45, 2.75) is 50.9 Å². The SMILES string of the molecule is CC1C(CN2CCC(n3c(=O)[nH]c4ccccc43)CC2)OC(c2ccc(NC(=O)c3cnc4ccccc4n3)cc2)OC1c1ccc(CO)cc1. The fraction of sp³-hybridized carbons (Fsp3) is 0.300. The summed E-state index contributed by atoms with van der Waals surface area (Å²) in [6, 6.07) is 30.8. The van der Waals surface area contributed by atoms with Gasteiger partial charge in [0.15, 0.2) is 6.29 Å². The molecule has 4 heterocycles. The summed E-state index contributed by atoms with van der Waals surface area (Å²) in [7, 11) is 0. The van der Waals surface area contributed by atoms with Gasteiger partial charge in [-0.05, 0) is 60.4 Å². The Morgan fingerprint density at radius 1 is 0.902 bits per heavy atom. The molecule has 0 aliphatic carbocycles. The zero-order valence-corrected chi connectivity index (χ0v) is 28.3. The Bertz CT molecular complexity index is 2210. The number of H-pyrrole nitrogens is 1. The van der Waals surface area contributed by atoms with Crippen LogP contribution in [-0.2, 0) is 16.1 Å². The number of imidazole rings is 1. The number of amides is 1. The molecule has 4 aromatic carbocycles. The lowest BCUT2D eigenvalue weighted by molar-refractivity contribution is -0.276. The lowest BCUT2D eigenvalue weighted by Gasteiger charge is -2.44. The van der Waals surface area contributed by atoms with Crippen molar-refractivity contribution >= 4 is 33.7 Å². The third-order valence-electron chi connectivity index (χ3n) is 10.2. The van der Waals surface area contributed by atoms with Gasteiger partial charge in [0.25, 0.3) is 5.91 Å². The molecule has 6 aromatic rings. The van der Waals surface area contributed by atoms with Crippen molar-refractivity contribution in [3.05, 3.63) is 136 Å². The maximum absolute atomic E-state index is 13.0. The highest BCUT2D eigenvalue weighted by atomic mass is 16.7. The second-order valence-corrected chi connectivity index (χ2v) is 13.5. The van der Waals surface area contributed by atoms with Gasteiger partial charge in [-0.15, -0.1) is 0 Å². The van der Waals surface area contributed by atoms with E-state index in [0.717, 1.165) is 65.7 Å². The molecule has 2 saturated heterocycles. The number of aromatic nitrogens is 4. The van der Waals surface area contributed by atoms with Gasteiger partial charge in [-0.3, -0.25) is 14.3 Å². The number of hydrogen-bond acceptors (Lipinski definition) is 8. The Morgan fingerprint density at radius 2 is 1.61 bits per heavy atom. The molecular formula is C40H40N6O5. The zero-order chi connectivity index (χ0) is 34.9. The van der Waals surface area contributed by atoms with Crippen LogP contribution in [0.4, 0.5) is 5.69 Å². The van der Waals surface area contributed by atoms with Crippen molar-refractivity contribution in [3.63, 3.8) is 0 Å². The largest absolute Gasteiger partial charge is 0.392 e. The number of aliphatic hydroxyl groups excluding tert-OH is 1. The van der Waals surface area contributed by atoms with Crippen LogP contribution in [0.1, 0.15) is 65.4 Å². The molecule has 0 radical (unpaired) electrons. The second-order valence-electron chi connectivity index (χ2n) is 13.5. The van der Waals surface area contributed by atoms with Crippen LogP contribution >= 0.6 is 0 Å². The van der Waals surface area contributed by atoms with E-state index >= 15 is 0 Å². The molecule has 0 bridgehead atoms. The molecule has 4 unspecified atom stereocenters. The van der Waals surface area contributed by atoms with Gasteiger partial charge >= 0.3 is 5.69 Å². The number of nitrogens with zero attached hydrogens (tertiary/aromatic N) is 4. The Balaban J connectivity index is 0.977. The second kappa shape index (κ2) is 14.2. The summed E-state index contributed by atoms with van der Waals surface area (Å²) >= 11 is 0. The molecule has 51 heavy (non-hydrogen) atoms. The van der Waals surface area contributed by atoms with Crippen LogP contribution in [-0.4, -0.2) is 61.2 Å². The van der Waals surface area contributed by atoms with Gasteiger partial charge in [-0.1, -0.05) is 67.6 Å². The summed E-state index contributed by atoms with van der Waals surface area (Å²) in [6.45, 7) is 4.56. The van der Waals surface area contributed by atoms with Crippen molar-refractivity contribution in [2.24, 2.45) is 5.92 Å². The molecule has 8 rings (SSSR count). The molecule has 260 valence electrons. The summed E-state index contributed by atoms with van der Waals surface area (Å²) in [5.74, 6) is -0.304. The van der Waals surface area contributed by atoms with Crippen molar-refractivity contribution in [1.82, 2.24) is 24.4 Å². The number of anilines is 1. The van der Waals surface area contributed by atoms with Crippen LogP contribution in [0.2, 0.25) is 0 Å². The smallest absolute Gasteiger partial charge is 0.326 e. The number of hydrogen-bond donors (Lipinski definition) is 3. The van der Waals surface area contributed by atoms with E-state index in [9.17, 15) is 14.7 Å². The van der Waals surface area contributed by atoms with E-state index in [-0.39, 0.29) is 48.1 Å². The van der Waals surface area contributed by atoms with Crippen molar-refractivity contribution in [1.29, 1.82) is 0 Å². The molecule has 2 aliphatic heterocycles. The number of benzene rings is 4. The highest BCUT2D eigenvalue weighted by Gasteiger charge is 2.39. The number of nitrogens with one attached hydrogen (secondary N) is 2. The average molecular weight is 685 g/mol. The summed E-state index contributed by atoms with van der Waals surface area (Å²) < 4.78 is 15.3. The molecule has 0 saturated carbocycles. The Hall–Kier alpha value is -5.20. The van der Waals surface area contributed by atoms with Gasteiger partial charge < -0.3 is 29.8 Å². The number of aliphatic hydroxyl groups is 1. The van der Waals surface area contributed by atoms with Gasteiger partial charge in [-0.2, -0.15) is 0 Å². The molecule has 2 aliphatic rings. The van der Waals surface area contributed by atoms with Crippen molar-refractivity contribution in [2.75, 3.05) is 25.0 Å². The van der Waals surface area contributed by atoms with Crippen LogP contribution in [0, 0.1) is 5.92 Å². The average Bonchev–Trinajstić information content (AvgIpc) is 3.51. The van der Waals surface area contributed by atoms with E-state index in [1.165, 1.54) is 6.20 Å². The minimum absolute atomic E-state index is 0.0212. The minimum Gasteiger partial charge on any atom is -0.392 e. The van der Waals surface area contributed by atoms with Crippen LogP contribution in [0.5, 0.6) is 0 Å². The third-order valence-corrected chi connectivity index (χ3v) is 10.2. The topological polar surface area (TPSA) is 135 Å². The van der Waals surface area contributed by atoms with Crippen LogP contribution in [0.15, 0.2) is 108 Å². The minimum atomic E-state index is -0.632. The normalized spacial score (nSPS) is 21.6. The van der Waals surface area contributed by atoms with Crippen LogP contribution in [0.25, 0.3) is 22.1 Å². The predicted molar refractivity (Wildman–Crippen MR) is 194 cm³/mol. The molecule has 4 atom stereocenters. The summed E-state index contributed by atoms with van der Waals surface area (Å²) in [6.07, 6.45) is 2.21. The van der Waals surface area contributed by atoms with Gasteiger partial charge in [0, 0.05) is 42.8 Å². The first kappa shape index (κ1) is 33.0. The number of para-hydroxylation sites is 4. The number of carbonyl (C=O) groups excluding carboxylic acids is 1. The van der Waals surface area contributed by atoms with E-state index < -0.39 is 6.29 Å². The highest BCUT2D eigenvalue weighted by Crippen LogP contribution is 2.42. The molecule has 1 amide bonds. The number of likely N-dealkylation sites (tertiary alicyclic amines) is 1. The number of fused-ring (bicyclic) bond motifs is 2. The molecule has 11 nitrogen and oxygen atoms in total. The van der Waals surface area contributed by atoms with Gasteiger partial charge in [0.2, 0.25) is 0 Å². The number of aromatic amines is 1. The van der Waals surface area contributed by atoms with Crippen LogP contribution in [0.3, 0.4) is 0 Å². The highest BCUT2D eigenvalue weighted by molar-refractivity contribution is 6.03. The first-order valence-corrected chi connectivity index (χ1v) is 17.5. The predicted octanol–water partition coefficient (Wildman–Crippen LogP) is 6.15. The molecule has 3 N–H and O–H groups in total. The maximum Gasteiger partial charge on any atom is 0.326 e. The zero-order valence-electron chi connectivity index (χ0n) is 28.3. The first-order valence-electron chi connectivity index (χ1n) is 17.5. The summed E-state index contributed by atoms with van der Waals surface area (Å²) in [5, 5.41) is 12.5. The maximum atomic E-state index is 13.0. The third kappa shape index (κ3) is 6.81. The first-order chi connectivity index (χ1) is 24.9. The Morgan fingerprint density at radius 3 is 2.37 bits per heavy atom. The fourth-order valence-electron chi connectivity index (χ4n) is 7.36. The number of piperidine rings is 1. The Labute approximate surface area is 294 Å². The molecule has 2 aromatic heterocycles. The summed E-state index contributed by atoms with van der Waals surface area (Å²) in [4.78, 5) is 40.1. The quantitative estimate of drug-likeness (QED) is 0.174. The van der Waals surface area contributed by atoms with E-state index in [1.54, 1.807) is 0 Å². The molecule has 0 spiro atoms. The van der Waals surface area contributed by atoms with Gasteiger partial charge in [0.1, 0.15) is 5.69 Å². The van der Waals surface area contributed by atoms with E-state index in [1.807, 2.05) is 102 Å². The number of rotatable bonds is 8. The van der Waals surface area contributed by atoms with Crippen molar-refractivity contribution in [3.8, 4) is 0 Å². The van der Waals surface area contributed by atoms with Crippen LogP contribution < -0.4 is 11.0 Å². The molecule has 11 heteroatoms. The summed E-state index contributed by atoms with van der Waals surface area (Å²) in [5.41, 5.74) is 6.72. The van der Waals surface area contributed by atoms with E-state index in [4.69, 9.17) is 9.47 Å². The molecular weight excluding hydrogens is 644 g/mol.